The van der Waals surface area contributed by atoms with Crippen molar-refractivity contribution in [3.63, 3.8) is 0 Å². The summed E-state index contributed by atoms with van der Waals surface area (Å²) in [5.41, 5.74) is 0.00842. The van der Waals surface area contributed by atoms with E-state index in [1.807, 2.05) is 11.8 Å². The summed E-state index contributed by atoms with van der Waals surface area (Å²) in [5.74, 6) is 0.183. The van der Waals surface area contributed by atoms with Gasteiger partial charge < -0.3 is 5.32 Å². The number of amides is 1. The number of hydrogen-bond acceptors (Lipinski definition) is 2. The van der Waals surface area contributed by atoms with Crippen LogP contribution in [0.1, 0.15) is 30.1 Å². The fourth-order valence-electron chi connectivity index (χ4n) is 2.01. The molecule has 18 heavy (non-hydrogen) atoms. The maximum Gasteiger partial charge on any atom is 0.254 e. The number of carbonyl (C=O) groups is 1. The zero-order valence-electron chi connectivity index (χ0n) is 10.1. The van der Waals surface area contributed by atoms with Crippen molar-refractivity contribution in [2.24, 2.45) is 0 Å². The molecular weight excluding hydrogens is 273 g/mol. The average Bonchev–Trinajstić information content (AvgIpc) is 2.77. The van der Waals surface area contributed by atoms with E-state index < -0.39 is 11.7 Å². The second-order valence-corrected chi connectivity index (χ2v) is 6.83. The van der Waals surface area contributed by atoms with Gasteiger partial charge in [0.1, 0.15) is 5.82 Å². The van der Waals surface area contributed by atoms with Gasteiger partial charge in [0, 0.05) is 16.3 Å². The molecule has 1 N–H and O–H groups in total. The van der Waals surface area contributed by atoms with Crippen LogP contribution in [0.15, 0.2) is 18.2 Å². The first-order chi connectivity index (χ1) is 8.50. The average molecular weight is 288 g/mol. The predicted octanol–water partition coefficient (Wildman–Crippen LogP) is 3.49. The number of benzene rings is 1. The summed E-state index contributed by atoms with van der Waals surface area (Å²) in [4.78, 5) is 11.9. The molecule has 0 aromatic heterocycles. The molecule has 0 bridgehead atoms. The lowest BCUT2D eigenvalue weighted by Crippen LogP contribution is -2.37. The molecule has 1 aromatic rings. The van der Waals surface area contributed by atoms with Gasteiger partial charge in [0.2, 0.25) is 0 Å². The Balaban J connectivity index is 2.01. The van der Waals surface area contributed by atoms with Gasteiger partial charge in [-0.1, -0.05) is 11.6 Å². The summed E-state index contributed by atoms with van der Waals surface area (Å²) in [6.45, 7) is 2.68. The smallest absolute Gasteiger partial charge is 0.254 e. The van der Waals surface area contributed by atoms with E-state index in [4.69, 9.17) is 11.6 Å². The van der Waals surface area contributed by atoms with Crippen molar-refractivity contribution in [3.8, 4) is 0 Å². The molecule has 2 rings (SSSR count). The van der Waals surface area contributed by atoms with E-state index in [9.17, 15) is 9.18 Å². The molecule has 1 aromatic carbocycles. The Hall–Kier alpha value is -0.740. The zero-order valence-corrected chi connectivity index (χ0v) is 11.7. The Bertz CT molecular complexity index is 460. The lowest BCUT2D eigenvalue weighted by atomic mass is 10.1. The van der Waals surface area contributed by atoms with Crippen molar-refractivity contribution in [1.29, 1.82) is 0 Å². The highest BCUT2D eigenvalue weighted by atomic mass is 35.5. The van der Waals surface area contributed by atoms with E-state index >= 15 is 0 Å². The maximum absolute atomic E-state index is 13.5. The maximum atomic E-state index is 13.5. The van der Waals surface area contributed by atoms with Gasteiger partial charge in [0.15, 0.2) is 0 Å². The minimum atomic E-state index is -0.541. The van der Waals surface area contributed by atoms with Crippen LogP contribution in [0.4, 0.5) is 4.39 Å². The van der Waals surface area contributed by atoms with Crippen molar-refractivity contribution in [2.75, 3.05) is 12.3 Å². The summed E-state index contributed by atoms with van der Waals surface area (Å²) in [7, 11) is 0. The quantitative estimate of drug-likeness (QED) is 0.922. The number of rotatable bonds is 3. The molecule has 0 aliphatic carbocycles. The Labute approximate surface area is 115 Å². The lowest BCUT2D eigenvalue weighted by Gasteiger charge is -2.22. The second-order valence-electron chi connectivity index (χ2n) is 4.71. The third-order valence-corrected chi connectivity index (χ3v) is 4.87. The molecule has 1 aliphatic rings. The van der Waals surface area contributed by atoms with Gasteiger partial charge in [-0.3, -0.25) is 4.79 Å². The fourth-order valence-corrected chi connectivity index (χ4v) is 3.43. The Morgan fingerprint density at radius 1 is 1.61 bits per heavy atom. The van der Waals surface area contributed by atoms with Crippen LogP contribution in [0.25, 0.3) is 0 Å². The van der Waals surface area contributed by atoms with E-state index in [-0.39, 0.29) is 10.3 Å². The summed E-state index contributed by atoms with van der Waals surface area (Å²) < 4.78 is 13.6. The van der Waals surface area contributed by atoms with Gasteiger partial charge in [-0.05, 0) is 43.7 Å². The number of carbonyl (C=O) groups excluding carboxylic acids is 1. The monoisotopic (exact) mass is 287 g/mol. The van der Waals surface area contributed by atoms with E-state index in [0.29, 0.717) is 11.6 Å². The van der Waals surface area contributed by atoms with Crippen molar-refractivity contribution in [1.82, 2.24) is 5.32 Å². The third-order valence-electron chi connectivity index (χ3n) is 3.10. The molecule has 1 atom stereocenters. The van der Waals surface area contributed by atoms with Gasteiger partial charge in [0.05, 0.1) is 5.56 Å². The van der Waals surface area contributed by atoms with Crippen LogP contribution < -0.4 is 5.32 Å². The fraction of sp³-hybridized carbons (Fsp3) is 0.462. The normalized spacial score (nSPS) is 23.1. The van der Waals surface area contributed by atoms with Crippen molar-refractivity contribution in [3.05, 3.63) is 34.6 Å². The topological polar surface area (TPSA) is 29.1 Å². The van der Waals surface area contributed by atoms with Crippen LogP contribution >= 0.6 is 23.4 Å². The highest BCUT2D eigenvalue weighted by Crippen LogP contribution is 2.37. The van der Waals surface area contributed by atoms with Gasteiger partial charge in [-0.25, -0.2) is 4.39 Å². The van der Waals surface area contributed by atoms with Crippen LogP contribution in [0.3, 0.4) is 0 Å². The summed E-state index contributed by atoms with van der Waals surface area (Å²) >= 11 is 7.62. The third kappa shape index (κ3) is 3.18. The molecule has 0 saturated carbocycles. The van der Waals surface area contributed by atoms with Crippen molar-refractivity contribution < 1.29 is 9.18 Å². The van der Waals surface area contributed by atoms with Crippen LogP contribution in [-0.2, 0) is 0 Å². The number of halogens is 2. The Morgan fingerprint density at radius 2 is 2.39 bits per heavy atom. The standard InChI is InChI=1S/C13H15ClFNOS/c1-13(5-2-6-18-13)8-16-12(17)10-7-9(14)3-4-11(10)15/h3-4,7H,2,5-6,8H2,1H3,(H,16,17). The molecule has 5 heteroatoms. The molecule has 0 radical (unpaired) electrons. The first kappa shape index (κ1) is 13.7. The van der Waals surface area contributed by atoms with E-state index in [1.54, 1.807) is 0 Å². The highest BCUT2D eigenvalue weighted by molar-refractivity contribution is 8.00. The first-order valence-corrected chi connectivity index (χ1v) is 7.24. The second kappa shape index (κ2) is 5.49. The zero-order chi connectivity index (χ0) is 13.2. The molecule has 1 unspecified atom stereocenters. The minimum absolute atomic E-state index is 0.00842. The predicted molar refractivity (Wildman–Crippen MR) is 73.8 cm³/mol. The van der Waals surface area contributed by atoms with E-state index in [0.717, 1.165) is 12.2 Å². The van der Waals surface area contributed by atoms with Crippen LogP contribution in [-0.4, -0.2) is 23.0 Å². The van der Waals surface area contributed by atoms with Gasteiger partial charge in [0.25, 0.3) is 5.91 Å². The van der Waals surface area contributed by atoms with E-state index in [1.165, 1.54) is 24.6 Å². The van der Waals surface area contributed by atoms with Crippen molar-refractivity contribution >= 4 is 29.3 Å². The number of thioether (sulfide) groups is 1. The molecule has 98 valence electrons. The molecule has 0 spiro atoms. The van der Waals surface area contributed by atoms with Crippen LogP contribution in [0.5, 0.6) is 0 Å². The minimum Gasteiger partial charge on any atom is -0.351 e. The number of nitrogens with one attached hydrogen (secondary N) is 1. The number of hydrogen-bond donors (Lipinski definition) is 1. The Kier molecular flexibility index (Phi) is 4.17. The van der Waals surface area contributed by atoms with Crippen LogP contribution in [0.2, 0.25) is 5.02 Å². The summed E-state index contributed by atoms with van der Waals surface area (Å²) in [5, 5.41) is 3.15. The molecular formula is C13H15ClFNOS. The molecule has 1 heterocycles. The highest BCUT2D eigenvalue weighted by Gasteiger charge is 2.30. The van der Waals surface area contributed by atoms with Gasteiger partial charge >= 0.3 is 0 Å². The molecule has 1 saturated heterocycles. The molecule has 1 amide bonds. The lowest BCUT2D eigenvalue weighted by molar-refractivity contribution is 0.0946. The first-order valence-electron chi connectivity index (χ1n) is 5.87. The van der Waals surface area contributed by atoms with Gasteiger partial charge in [-0.2, -0.15) is 11.8 Å². The van der Waals surface area contributed by atoms with Crippen LogP contribution in [0, 0.1) is 5.82 Å². The van der Waals surface area contributed by atoms with Gasteiger partial charge in [-0.15, -0.1) is 0 Å². The summed E-state index contributed by atoms with van der Waals surface area (Å²) in [6.07, 6.45) is 2.25. The molecule has 1 fully saturated rings. The largest absolute Gasteiger partial charge is 0.351 e. The molecule has 1 aliphatic heterocycles. The van der Waals surface area contributed by atoms with Crippen molar-refractivity contribution in [2.45, 2.75) is 24.5 Å². The van der Waals surface area contributed by atoms with E-state index in [2.05, 4.69) is 12.2 Å². The SMILES string of the molecule is CC1(CNC(=O)c2cc(Cl)ccc2F)CCCS1. The summed E-state index contributed by atoms with van der Waals surface area (Å²) in [6, 6.07) is 4.00. The molecule has 2 nitrogen and oxygen atoms in total. The Morgan fingerprint density at radius 3 is 3.06 bits per heavy atom.